The van der Waals surface area contributed by atoms with E-state index in [-0.39, 0.29) is 63.2 Å². The van der Waals surface area contributed by atoms with Gasteiger partial charge < -0.3 is 10.5 Å². The SMILES string of the molecule is CCCCCCCCCCCCCCCCC=C(N)OC(C)=O.[KH]. The fourth-order valence-electron chi connectivity index (χ4n) is 2.79. The second-order valence-electron chi connectivity index (χ2n) is 6.59. The molecule has 0 rings (SSSR count). The summed E-state index contributed by atoms with van der Waals surface area (Å²) in [4.78, 5) is 10.7. The number of hydrogen-bond donors (Lipinski definition) is 1. The molecule has 24 heavy (non-hydrogen) atoms. The van der Waals surface area contributed by atoms with Crippen LogP contribution in [0.2, 0.25) is 0 Å². The van der Waals surface area contributed by atoms with Crippen LogP contribution in [0.4, 0.5) is 0 Å². The van der Waals surface area contributed by atoms with Crippen LogP contribution in [0.1, 0.15) is 110 Å². The zero-order valence-electron chi connectivity index (χ0n) is 15.6. The molecule has 0 fully saturated rings. The van der Waals surface area contributed by atoms with Crippen molar-refractivity contribution in [1.29, 1.82) is 0 Å². The first-order chi connectivity index (χ1) is 11.2. The minimum atomic E-state index is -0.347. The van der Waals surface area contributed by atoms with Crippen LogP contribution in [0, 0.1) is 0 Å². The summed E-state index contributed by atoms with van der Waals surface area (Å²) in [5.41, 5.74) is 5.55. The van der Waals surface area contributed by atoms with Crippen LogP contribution in [-0.2, 0) is 9.53 Å². The van der Waals surface area contributed by atoms with Crippen LogP contribution < -0.4 is 5.73 Å². The average molecular weight is 366 g/mol. The first-order valence-electron chi connectivity index (χ1n) is 9.81. The average Bonchev–Trinajstić information content (AvgIpc) is 2.50. The standard InChI is InChI=1S/C20H39NO2.K.H/c1-3-4-5-6-7-8-9-10-11-12-13-14-15-16-17-18-20(21)23-19(2)22;;/h18H,3-17,21H2,1-2H3;;. The number of carbonyl (C=O) groups excluding carboxylic acids is 1. The Bertz CT molecular complexity index is 306. The molecule has 3 nitrogen and oxygen atoms in total. The molecule has 0 amide bonds. The summed E-state index contributed by atoms with van der Waals surface area (Å²) in [5.74, 6) is -0.105. The Labute approximate surface area is 193 Å². The van der Waals surface area contributed by atoms with Crippen molar-refractivity contribution in [3.63, 3.8) is 0 Å². The minimum absolute atomic E-state index is 0. The molecule has 0 aromatic carbocycles. The number of esters is 1. The Balaban J connectivity index is 0. The van der Waals surface area contributed by atoms with E-state index in [0.29, 0.717) is 0 Å². The van der Waals surface area contributed by atoms with Gasteiger partial charge in [0, 0.05) is 6.92 Å². The molecule has 4 heteroatoms. The molecule has 2 N–H and O–H groups in total. The molecule has 0 aromatic rings. The molecule has 0 aliphatic carbocycles. The van der Waals surface area contributed by atoms with Crippen LogP contribution in [0.3, 0.4) is 0 Å². The van der Waals surface area contributed by atoms with E-state index in [0.717, 1.165) is 12.8 Å². The number of carbonyl (C=O) groups is 1. The van der Waals surface area contributed by atoms with Crippen LogP contribution in [-0.4, -0.2) is 57.4 Å². The number of hydrogen-bond acceptors (Lipinski definition) is 3. The monoisotopic (exact) mass is 365 g/mol. The molecule has 0 aromatic heterocycles. The van der Waals surface area contributed by atoms with Crippen molar-refractivity contribution >= 4 is 57.4 Å². The summed E-state index contributed by atoms with van der Waals surface area (Å²) in [5, 5.41) is 0. The number of unbranched alkanes of at least 4 members (excludes halogenated alkanes) is 14. The number of allylic oxidation sites excluding steroid dienone is 1. The molecule has 0 spiro atoms. The number of nitrogens with two attached hydrogens (primary N) is 1. The third-order valence-electron chi connectivity index (χ3n) is 4.16. The molecule has 0 radical (unpaired) electrons. The van der Waals surface area contributed by atoms with Crippen LogP contribution >= 0.6 is 0 Å². The Hall–Kier alpha value is 0.646. The maximum absolute atomic E-state index is 10.7. The Morgan fingerprint density at radius 2 is 1.17 bits per heavy atom. The van der Waals surface area contributed by atoms with Gasteiger partial charge in [0.15, 0.2) is 5.88 Å². The predicted molar refractivity (Wildman–Crippen MR) is 106 cm³/mol. The van der Waals surface area contributed by atoms with Gasteiger partial charge in [-0.1, -0.05) is 90.4 Å². The first kappa shape index (κ1) is 26.9. The van der Waals surface area contributed by atoms with Gasteiger partial charge in [-0.2, -0.15) is 0 Å². The molecule has 0 unspecified atom stereocenters. The van der Waals surface area contributed by atoms with Crippen molar-refractivity contribution in [2.24, 2.45) is 5.73 Å². The van der Waals surface area contributed by atoms with Crippen molar-refractivity contribution in [2.75, 3.05) is 0 Å². The zero-order valence-corrected chi connectivity index (χ0v) is 15.6. The summed E-state index contributed by atoms with van der Waals surface area (Å²) in [6.45, 7) is 3.64. The summed E-state index contributed by atoms with van der Waals surface area (Å²) in [6.07, 6.45) is 21.8. The van der Waals surface area contributed by atoms with E-state index in [9.17, 15) is 4.79 Å². The van der Waals surface area contributed by atoms with Crippen LogP contribution in [0.5, 0.6) is 0 Å². The Morgan fingerprint density at radius 3 is 1.54 bits per heavy atom. The summed E-state index contributed by atoms with van der Waals surface area (Å²) in [7, 11) is 0. The van der Waals surface area contributed by atoms with E-state index in [1.54, 1.807) is 0 Å². The molecule has 0 bridgehead atoms. The van der Waals surface area contributed by atoms with Gasteiger partial charge in [-0.25, -0.2) is 0 Å². The van der Waals surface area contributed by atoms with E-state index in [1.165, 1.54) is 90.4 Å². The normalized spacial score (nSPS) is 11.2. The molecule has 138 valence electrons. The fraction of sp³-hybridized carbons (Fsp3) is 0.850. The first-order valence-corrected chi connectivity index (χ1v) is 9.81. The van der Waals surface area contributed by atoms with Crippen molar-refractivity contribution in [2.45, 2.75) is 110 Å². The van der Waals surface area contributed by atoms with Gasteiger partial charge in [-0.3, -0.25) is 4.79 Å². The van der Waals surface area contributed by atoms with Gasteiger partial charge in [0.25, 0.3) is 0 Å². The fourth-order valence-corrected chi connectivity index (χ4v) is 2.79. The molecule has 0 saturated heterocycles. The second kappa shape index (κ2) is 21.7. The van der Waals surface area contributed by atoms with Gasteiger partial charge in [0.1, 0.15) is 0 Å². The van der Waals surface area contributed by atoms with Crippen molar-refractivity contribution in [3.05, 3.63) is 12.0 Å². The van der Waals surface area contributed by atoms with Crippen molar-refractivity contribution < 1.29 is 9.53 Å². The molecule has 0 saturated carbocycles. The summed E-state index contributed by atoms with van der Waals surface area (Å²) in [6, 6.07) is 0. The molecule has 0 atom stereocenters. The predicted octanol–water partition coefficient (Wildman–Crippen LogP) is 5.57. The Morgan fingerprint density at radius 1 is 0.792 bits per heavy atom. The topological polar surface area (TPSA) is 52.3 Å². The maximum atomic E-state index is 10.7. The summed E-state index contributed by atoms with van der Waals surface area (Å²) < 4.78 is 4.77. The van der Waals surface area contributed by atoms with Gasteiger partial charge in [-0.15, -0.1) is 0 Å². The van der Waals surface area contributed by atoms with Crippen molar-refractivity contribution in [3.8, 4) is 0 Å². The number of ether oxygens (including phenoxy) is 1. The van der Waals surface area contributed by atoms with Gasteiger partial charge in [0.2, 0.25) is 0 Å². The van der Waals surface area contributed by atoms with Gasteiger partial charge in [0.05, 0.1) is 0 Å². The molecule has 0 aliphatic heterocycles. The van der Waals surface area contributed by atoms with Crippen LogP contribution in [0.15, 0.2) is 12.0 Å². The zero-order chi connectivity index (χ0) is 17.2. The molecular formula is C20H40KNO2. The van der Waals surface area contributed by atoms with E-state index >= 15 is 0 Å². The van der Waals surface area contributed by atoms with Gasteiger partial charge >= 0.3 is 57.4 Å². The van der Waals surface area contributed by atoms with E-state index in [4.69, 9.17) is 10.5 Å². The Kier molecular flexibility index (Phi) is 24.3. The van der Waals surface area contributed by atoms with Crippen molar-refractivity contribution in [1.82, 2.24) is 0 Å². The summed E-state index contributed by atoms with van der Waals surface area (Å²) >= 11 is 0. The van der Waals surface area contributed by atoms with Gasteiger partial charge in [-0.05, 0) is 18.9 Å². The molecule has 0 aliphatic rings. The van der Waals surface area contributed by atoms with E-state index in [2.05, 4.69) is 6.92 Å². The quantitative estimate of drug-likeness (QED) is 0.168. The third-order valence-corrected chi connectivity index (χ3v) is 4.16. The van der Waals surface area contributed by atoms with Crippen LogP contribution in [0.25, 0.3) is 0 Å². The molecule has 0 heterocycles. The van der Waals surface area contributed by atoms with E-state index < -0.39 is 0 Å². The molecular weight excluding hydrogens is 325 g/mol. The van der Waals surface area contributed by atoms with E-state index in [1.807, 2.05) is 6.08 Å². The second-order valence-corrected chi connectivity index (χ2v) is 6.59. The third kappa shape index (κ3) is 22.6. The number of rotatable bonds is 16.